The van der Waals surface area contributed by atoms with E-state index < -0.39 is 5.91 Å². The van der Waals surface area contributed by atoms with Crippen molar-refractivity contribution in [3.05, 3.63) is 45.0 Å². The van der Waals surface area contributed by atoms with Gasteiger partial charge in [-0.05, 0) is 46.3 Å². The lowest BCUT2D eigenvalue weighted by Gasteiger charge is -2.09. The fourth-order valence-corrected chi connectivity index (χ4v) is 2.46. The summed E-state index contributed by atoms with van der Waals surface area (Å²) in [5.74, 6) is 0.0306. The molecular formula is C12H9Br2N3O2. The van der Waals surface area contributed by atoms with Crippen molar-refractivity contribution >= 4 is 43.5 Å². The van der Waals surface area contributed by atoms with Gasteiger partial charge in [0.25, 0.3) is 5.91 Å². The number of ether oxygens (including phenoxy) is 1. The third-order valence-electron chi connectivity index (χ3n) is 2.24. The van der Waals surface area contributed by atoms with Crippen molar-refractivity contribution < 1.29 is 9.53 Å². The Labute approximate surface area is 126 Å². The van der Waals surface area contributed by atoms with Gasteiger partial charge in [0, 0.05) is 4.47 Å². The summed E-state index contributed by atoms with van der Waals surface area (Å²) in [4.78, 5) is 15.1. The Hall–Kier alpha value is -1.60. The average molecular weight is 387 g/mol. The largest absolute Gasteiger partial charge is 0.436 e. The molecule has 1 aromatic carbocycles. The molecule has 0 bridgehead atoms. The smallest absolute Gasteiger partial charge is 0.267 e. The monoisotopic (exact) mass is 385 g/mol. The standard InChI is InChI=1S/C12H9Br2N3O2/c13-6-1-4-10(7(14)5-6)19-12-8(15)2-3-9(17-12)11(16)18/h1-5H,15H2,(H2,16,18). The average Bonchev–Trinajstić information content (AvgIpc) is 2.34. The van der Waals surface area contributed by atoms with Gasteiger partial charge in [0.2, 0.25) is 5.88 Å². The van der Waals surface area contributed by atoms with Crippen LogP contribution < -0.4 is 16.2 Å². The molecule has 0 aliphatic heterocycles. The maximum Gasteiger partial charge on any atom is 0.267 e. The molecule has 98 valence electrons. The molecule has 0 unspecified atom stereocenters. The summed E-state index contributed by atoms with van der Waals surface area (Å²) in [6, 6.07) is 8.35. The van der Waals surface area contributed by atoms with Crippen LogP contribution in [0, 0.1) is 0 Å². The fourth-order valence-electron chi connectivity index (χ4n) is 1.33. The molecule has 0 radical (unpaired) electrons. The Kier molecular flexibility index (Phi) is 4.06. The van der Waals surface area contributed by atoms with Gasteiger partial charge in [-0.3, -0.25) is 4.79 Å². The zero-order chi connectivity index (χ0) is 14.0. The van der Waals surface area contributed by atoms with Crippen molar-refractivity contribution in [1.29, 1.82) is 0 Å². The minimum Gasteiger partial charge on any atom is -0.436 e. The van der Waals surface area contributed by atoms with Crippen LogP contribution in [0.15, 0.2) is 39.3 Å². The molecule has 0 atom stereocenters. The molecule has 1 aromatic heterocycles. The van der Waals surface area contributed by atoms with Crippen LogP contribution in [0.5, 0.6) is 11.6 Å². The first kappa shape index (κ1) is 13.8. The third-order valence-corrected chi connectivity index (χ3v) is 3.36. The summed E-state index contributed by atoms with van der Waals surface area (Å²) in [6.07, 6.45) is 0. The van der Waals surface area contributed by atoms with Crippen LogP contribution in [0.3, 0.4) is 0 Å². The zero-order valence-electron chi connectivity index (χ0n) is 9.56. The molecule has 4 N–H and O–H groups in total. The lowest BCUT2D eigenvalue weighted by Crippen LogP contribution is -2.13. The van der Waals surface area contributed by atoms with Gasteiger partial charge in [-0.25, -0.2) is 4.98 Å². The number of primary amides is 1. The van der Waals surface area contributed by atoms with Crippen LogP contribution >= 0.6 is 31.9 Å². The topological polar surface area (TPSA) is 91.2 Å². The molecule has 0 saturated carbocycles. The molecule has 5 nitrogen and oxygen atoms in total. The highest BCUT2D eigenvalue weighted by Crippen LogP contribution is 2.33. The van der Waals surface area contributed by atoms with E-state index in [-0.39, 0.29) is 11.6 Å². The number of hydrogen-bond donors (Lipinski definition) is 2. The van der Waals surface area contributed by atoms with E-state index in [1.807, 2.05) is 12.1 Å². The van der Waals surface area contributed by atoms with E-state index in [1.165, 1.54) is 12.1 Å². The van der Waals surface area contributed by atoms with Gasteiger partial charge < -0.3 is 16.2 Å². The molecular weight excluding hydrogens is 378 g/mol. The second-order valence-corrected chi connectivity index (χ2v) is 5.40. The Morgan fingerprint density at radius 3 is 2.58 bits per heavy atom. The molecule has 1 amide bonds. The van der Waals surface area contributed by atoms with Crippen molar-refractivity contribution in [1.82, 2.24) is 4.98 Å². The van der Waals surface area contributed by atoms with Gasteiger partial charge in [0.15, 0.2) is 0 Å². The number of carbonyl (C=O) groups excluding carboxylic acids is 1. The first-order valence-corrected chi connectivity index (χ1v) is 6.75. The van der Waals surface area contributed by atoms with E-state index >= 15 is 0 Å². The number of benzene rings is 1. The van der Waals surface area contributed by atoms with Gasteiger partial charge in [0.1, 0.15) is 11.4 Å². The predicted molar refractivity (Wildman–Crippen MR) is 79.1 cm³/mol. The normalized spacial score (nSPS) is 10.2. The number of aromatic nitrogens is 1. The van der Waals surface area contributed by atoms with E-state index in [9.17, 15) is 4.79 Å². The lowest BCUT2D eigenvalue weighted by atomic mass is 10.3. The van der Waals surface area contributed by atoms with Crippen molar-refractivity contribution in [3.8, 4) is 11.6 Å². The van der Waals surface area contributed by atoms with Gasteiger partial charge in [-0.1, -0.05) is 15.9 Å². The number of halogens is 2. The highest BCUT2D eigenvalue weighted by molar-refractivity contribution is 9.11. The van der Waals surface area contributed by atoms with Gasteiger partial charge in [0.05, 0.1) is 10.2 Å². The number of amides is 1. The number of carbonyl (C=O) groups is 1. The van der Waals surface area contributed by atoms with Crippen molar-refractivity contribution in [2.45, 2.75) is 0 Å². The van der Waals surface area contributed by atoms with E-state index in [1.54, 1.807) is 6.07 Å². The molecule has 19 heavy (non-hydrogen) atoms. The SMILES string of the molecule is NC(=O)c1ccc(N)c(Oc2ccc(Br)cc2Br)n1. The van der Waals surface area contributed by atoms with Gasteiger partial charge >= 0.3 is 0 Å². The van der Waals surface area contributed by atoms with Crippen molar-refractivity contribution in [2.24, 2.45) is 5.73 Å². The van der Waals surface area contributed by atoms with Crippen molar-refractivity contribution in [3.63, 3.8) is 0 Å². The molecule has 7 heteroatoms. The molecule has 1 heterocycles. The first-order valence-electron chi connectivity index (χ1n) is 5.16. The second-order valence-electron chi connectivity index (χ2n) is 3.63. The summed E-state index contributed by atoms with van der Waals surface area (Å²) in [6.45, 7) is 0. The van der Waals surface area contributed by atoms with Crippen LogP contribution in [-0.4, -0.2) is 10.9 Å². The fraction of sp³-hybridized carbons (Fsp3) is 0. The summed E-state index contributed by atoms with van der Waals surface area (Å²) in [5.41, 5.74) is 11.3. The van der Waals surface area contributed by atoms with Gasteiger partial charge in [-0.15, -0.1) is 0 Å². The third kappa shape index (κ3) is 3.24. The van der Waals surface area contributed by atoms with E-state index in [2.05, 4.69) is 36.8 Å². The Morgan fingerprint density at radius 2 is 1.95 bits per heavy atom. The number of rotatable bonds is 3. The number of nitrogens with zero attached hydrogens (tertiary/aromatic N) is 1. The molecule has 0 saturated heterocycles. The Bertz CT molecular complexity index is 647. The highest BCUT2D eigenvalue weighted by atomic mass is 79.9. The number of pyridine rings is 1. The van der Waals surface area contributed by atoms with Crippen LogP contribution in [0.4, 0.5) is 5.69 Å². The van der Waals surface area contributed by atoms with Gasteiger partial charge in [-0.2, -0.15) is 0 Å². The molecule has 0 spiro atoms. The number of hydrogen-bond acceptors (Lipinski definition) is 4. The number of anilines is 1. The summed E-state index contributed by atoms with van der Waals surface area (Å²) < 4.78 is 7.20. The zero-order valence-corrected chi connectivity index (χ0v) is 12.7. The van der Waals surface area contributed by atoms with E-state index in [4.69, 9.17) is 16.2 Å². The first-order chi connectivity index (χ1) is 8.97. The van der Waals surface area contributed by atoms with Crippen LogP contribution in [0.2, 0.25) is 0 Å². The Balaban J connectivity index is 2.37. The van der Waals surface area contributed by atoms with Crippen molar-refractivity contribution in [2.75, 3.05) is 5.73 Å². The van der Waals surface area contributed by atoms with E-state index in [0.29, 0.717) is 11.4 Å². The molecule has 0 fully saturated rings. The lowest BCUT2D eigenvalue weighted by molar-refractivity contribution is 0.0995. The summed E-state index contributed by atoms with van der Waals surface area (Å²) in [5, 5.41) is 0. The molecule has 2 rings (SSSR count). The molecule has 2 aromatic rings. The number of nitrogens with two attached hydrogens (primary N) is 2. The van der Waals surface area contributed by atoms with E-state index in [0.717, 1.165) is 8.95 Å². The van der Waals surface area contributed by atoms with Crippen LogP contribution in [0.25, 0.3) is 0 Å². The summed E-state index contributed by atoms with van der Waals surface area (Å²) >= 11 is 6.70. The minimum absolute atomic E-state index is 0.0948. The second kappa shape index (κ2) is 5.58. The maximum absolute atomic E-state index is 11.1. The number of nitrogen functional groups attached to an aromatic ring is 1. The Morgan fingerprint density at radius 1 is 1.21 bits per heavy atom. The molecule has 0 aliphatic rings. The maximum atomic E-state index is 11.1. The molecule has 0 aliphatic carbocycles. The predicted octanol–water partition coefficient (Wildman–Crippen LogP) is 3.08. The minimum atomic E-state index is -0.639. The highest BCUT2D eigenvalue weighted by Gasteiger charge is 2.11. The van der Waals surface area contributed by atoms with Crippen LogP contribution in [-0.2, 0) is 0 Å². The summed E-state index contributed by atoms with van der Waals surface area (Å²) in [7, 11) is 0. The quantitative estimate of drug-likeness (QED) is 0.847. The van der Waals surface area contributed by atoms with Crippen LogP contribution in [0.1, 0.15) is 10.5 Å².